The number of morpholine rings is 1. The van der Waals surface area contributed by atoms with Gasteiger partial charge in [0.1, 0.15) is 5.75 Å². The number of carbonyl (C=O) groups is 1. The lowest BCUT2D eigenvalue weighted by molar-refractivity contribution is -0.123. The molecule has 5 nitrogen and oxygen atoms in total. The van der Waals surface area contributed by atoms with E-state index in [1.165, 1.54) is 0 Å². The van der Waals surface area contributed by atoms with Crippen LogP contribution in [0.5, 0.6) is 5.75 Å². The van der Waals surface area contributed by atoms with Crippen LogP contribution in [0.1, 0.15) is 37.3 Å². The maximum absolute atomic E-state index is 12.0. The van der Waals surface area contributed by atoms with Gasteiger partial charge in [-0.2, -0.15) is 0 Å². The third-order valence-corrected chi connectivity index (χ3v) is 4.23. The van der Waals surface area contributed by atoms with Crippen molar-refractivity contribution in [3.63, 3.8) is 0 Å². The zero-order chi connectivity index (χ0) is 17.4. The second kappa shape index (κ2) is 9.64. The number of hydrogen-bond acceptors (Lipinski definition) is 4. The molecular weight excluding hydrogens is 304 g/mol. The van der Waals surface area contributed by atoms with Crippen LogP contribution >= 0.6 is 0 Å². The van der Waals surface area contributed by atoms with Crippen LogP contribution in [-0.2, 0) is 9.53 Å². The Morgan fingerprint density at radius 3 is 2.79 bits per heavy atom. The molecule has 1 saturated heterocycles. The van der Waals surface area contributed by atoms with E-state index in [2.05, 4.69) is 36.2 Å². The van der Waals surface area contributed by atoms with Gasteiger partial charge in [-0.1, -0.05) is 26.0 Å². The van der Waals surface area contributed by atoms with Gasteiger partial charge in [0.05, 0.1) is 13.2 Å². The van der Waals surface area contributed by atoms with Crippen molar-refractivity contribution in [2.24, 2.45) is 0 Å². The number of nitrogens with one attached hydrogen (secondary N) is 1. The van der Waals surface area contributed by atoms with E-state index >= 15 is 0 Å². The molecule has 1 N–H and O–H groups in total. The fourth-order valence-electron chi connectivity index (χ4n) is 2.79. The zero-order valence-electron chi connectivity index (χ0n) is 15.1. The number of hydrogen-bond donors (Lipinski definition) is 1. The molecule has 1 amide bonds. The van der Waals surface area contributed by atoms with Crippen LogP contribution < -0.4 is 10.1 Å². The van der Waals surface area contributed by atoms with Gasteiger partial charge in [-0.15, -0.1) is 0 Å². The minimum Gasteiger partial charge on any atom is -0.483 e. The summed E-state index contributed by atoms with van der Waals surface area (Å²) < 4.78 is 11.1. The van der Waals surface area contributed by atoms with Crippen molar-refractivity contribution in [3.8, 4) is 5.75 Å². The Balaban J connectivity index is 1.68. The van der Waals surface area contributed by atoms with Crippen LogP contribution in [0.25, 0.3) is 0 Å². The van der Waals surface area contributed by atoms with E-state index in [0.717, 1.165) is 56.1 Å². The van der Waals surface area contributed by atoms with Crippen molar-refractivity contribution in [1.82, 2.24) is 10.2 Å². The average molecular weight is 334 g/mol. The Kier molecular flexibility index (Phi) is 7.53. The molecule has 0 aromatic heterocycles. The summed E-state index contributed by atoms with van der Waals surface area (Å²) in [4.78, 5) is 14.3. The molecule has 0 spiro atoms. The van der Waals surface area contributed by atoms with Crippen molar-refractivity contribution >= 4 is 5.91 Å². The van der Waals surface area contributed by atoms with E-state index in [-0.39, 0.29) is 12.5 Å². The summed E-state index contributed by atoms with van der Waals surface area (Å²) in [6.45, 7) is 11.6. The van der Waals surface area contributed by atoms with Crippen molar-refractivity contribution in [3.05, 3.63) is 29.3 Å². The van der Waals surface area contributed by atoms with Crippen LogP contribution in [0.4, 0.5) is 0 Å². The maximum atomic E-state index is 12.0. The van der Waals surface area contributed by atoms with Gasteiger partial charge in [0.25, 0.3) is 5.91 Å². The van der Waals surface area contributed by atoms with Crippen LogP contribution in [0, 0.1) is 6.92 Å². The molecule has 0 atom stereocenters. The van der Waals surface area contributed by atoms with Crippen LogP contribution in [0.2, 0.25) is 0 Å². The summed E-state index contributed by atoms with van der Waals surface area (Å²) in [5.74, 6) is 1.12. The molecule has 1 fully saturated rings. The molecule has 0 unspecified atom stereocenters. The van der Waals surface area contributed by atoms with Crippen LogP contribution in [0.15, 0.2) is 18.2 Å². The number of ether oxygens (including phenoxy) is 2. The average Bonchev–Trinajstić information content (AvgIpc) is 2.57. The molecule has 0 bridgehead atoms. The molecule has 0 aliphatic carbocycles. The summed E-state index contributed by atoms with van der Waals surface area (Å²) in [7, 11) is 0. The number of amides is 1. The second-order valence-corrected chi connectivity index (χ2v) is 6.64. The largest absolute Gasteiger partial charge is 0.483 e. The standard InChI is InChI=1S/C19H30N2O3/c1-15(2)17-6-5-16(3)13-18(17)24-14-19(22)20-7-4-8-21-9-11-23-12-10-21/h5-6,13,15H,4,7-12,14H2,1-3H3,(H,20,22). The van der Waals surface area contributed by atoms with Crippen molar-refractivity contribution in [2.45, 2.75) is 33.1 Å². The SMILES string of the molecule is Cc1ccc(C(C)C)c(OCC(=O)NCCCN2CCOCC2)c1. The lowest BCUT2D eigenvalue weighted by Gasteiger charge is -2.26. The normalized spacial score (nSPS) is 15.5. The number of aryl methyl sites for hydroxylation is 1. The zero-order valence-corrected chi connectivity index (χ0v) is 15.1. The fourth-order valence-corrected chi connectivity index (χ4v) is 2.79. The van der Waals surface area contributed by atoms with Gasteiger partial charge < -0.3 is 14.8 Å². The number of rotatable bonds is 8. The summed E-state index contributed by atoms with van der Waals surface area (Å²) in [6, 6.07) is 6.16. The molecule has 1 aromatic carbocycles. The number of carbonyl (C=O) groups excluding carboxylic acids is 1. The van der Waals surface area contributed by atoms with Gasteiger partial charge in [-0.25, -0.2) is 0 Å². The highest BCUT2D eigenvalue weighted by Gasteiger charge is 2.11. The van der Waals surface area contributed by atoms with Crippen LogP contribution in [0.3, 0.4) is 0 Å². The lowest BCUT2D eigenvalue weighted by atomic mass is 10.0. The van der Waals surface area contributed by atoms with Crippen molar-refractivity contribution in [1.29, 1.82) is 0 Å². The van der Waals surface area contributed by atoms with Gasteiger partial charge in [-0.3, -0.25) is 9.69 Å². The topological polar surface area (TPSA) is 50.8 Å². The smallest absolute Gasteiger partial charge is 0.257 e. The Hall–Kier alpha value is -1.59. The monoisotopic (exact) mass is 334 g/mol. The summed E-state index contributed by atoms with van der Waals surface area (Å²) >= 11 is 0. The summed E-state index contributed by atoms with van der Waals surface area (Å²) in [5, 5.41) is 2.93. The highest BCUT2D eigenvalue weighted by atomic mass is 16.5. The predicted octanol–water partition coefficient (Wildman–Crippen LogP) is 2.34. The van der Waals surface area contributed by atoms with Gasteiger partial charge in [-0.05, 0) is 43.0 Å². The van der Waals surface area contributed by atoms with Crippen molar-refractivity contribution in [2.75, 3.05) is 46.0 Å². The minimum atomic E-state index is -0.0619. The van der Waals surface area contributed by atoms with Gasteiger partial charge >= 0.3 is 0 Å². The van der Waals surface area contributed by atoms with Gasteiger partial charge in [0, 0.05) is 19.6 Å². The van der Waals surface area contributed by atoms with Gasteiger partial charge in [0.2, 0.25) is 0 Å². The Morgan fingerprint density at radius 2 is 2.08 bits per heavy atom. The molecule has 134 valence electrons. The first-order chi connectivity index (χ1) is 11.6. The van der Waals surface area contributed by atoms with E-state index in [1.54, 1.807) is 0 Å². The van der Waals surface area contributed by atoms with Gasteiger partial charge in [0.15, 0.2) is 6.61 Å². The molecule has 2 rings (SSSR count). The number of nitrogens with zero attached hydrogens (tertiary/aromatic N) is 1. The van der Waals surface area contributed by atoms with Crippen molar-refractivity contribution < 1.29 is 14.3 Å². The second-order valence-electron chi connectivity index (χ2n) is 6.64. The molecular formula is C19H30N2O3. The van der Waals surface area contributed by atoms with E-state index in [9.17, 15) is 4.79 Å². The fraction of sp³-hybridized carbons (Fsp3) is 0.632. The highest BCUT2D eigenvalue weighted by molar-refractivity contribution is 5.77. The summed E-state index contributed by atoms with van der Waals surface area (Å²) in [6.07, 6.45) is 0.952. The minimum absolute atomic E-state index is 0.0619. The Labute approximate surface area is 145 Å². The Morgan fingerprint density at radius 1 is 1.33 bits per heavy atom. The molecule has 5 heteroatoms. The first-order valence-corrected chi connectivity index (χ1v) is 8.86. The molecule has 1 heterocycles. The third-order valence-electron chi connectivity index (χ3n) is 4.23. The molecule has 1 aliphatic rings. The lowest BCUT2D eigenvalue weighted by Crippen LogP contribution is -2.38. The van der Waals surface area contributed by atoms with E-state index in [1.807, 2.05) is 13.0 Å². The molecule has 1 aromatic rings. The molecule has 1 aliphatic heterocycles. The first-order valence-electron chi connectivity index (χ1n) is 8.86. The van der Waals surface area contributed by atoms with Crippen LogP contribution in [-0.4, -0.2) is 56.8 Å². The molecule has 24 heavy (non-hydrogen) atoms. The first kappa shape index (κ1) is 18.7. The molecule has 0 radical (unpaired) electrons. The third kappa shape index (κ3) is 6.13. The number of benzene rings is 1. The van der Waals surface area contributed by atoms with E-state index in [4.69, 9.17) is 9.47 Å². The summed E-state index contributed by atoms with van der Waals surface area (Å²) in [5.41, 5.74) is 2.28. The van der Waals surface area contributed by atoms with E-state index < -0.39 is 0 Å². The quantitative estimate of drug-likeness (QED) is 0.742. The Bertz CT molecular complexity index is 525. The van der Waals surface area contributed by atoms with E-state index in [0.29, 0.717) is 12.5 Å². The predicted molar refractivity (Wildman–Crippen MR) is 95.6 cm³/mol. The molecule has 0 saturated carbocycles. The highest BCUT2D eigenvalue weighted by Crippen LogP contribution is 2.27. The maximum Gasteiger partial charge on any atom is 0.257 e.